The Balaban J connectivity index is 2.27. The first-order chi connectivity index (χ1) is 12.1. The molecular formula is C14H7F7N4O. The van der Waals surface area contributed by atoms with E-state index in [1.807, 2.05) is 4.98 Å². The lowest BCUT2D eigenvalue weighted by molar-refractivity contribution is -0.136. The number of nitrogens with zero attached hydrogens (tertiary/aromatic N) is 2. The van der Waals surface area contributed by atoms with E-state index < -0.39 is 52.9 Å². The third-order valence-electron chi connectivity index (χ3n) is 3.51. The first-order valence-electron chi connectivity index (χ1n) is 6.85. The number of imidazole rings is 1. The maximum atomic E-state index is 13.0. The van der Waals surface area contributed by atoms with E-state index in [1.165, 1.54) is 0 Å². The standard InChI is InChI=1S/C14H7F7N4O/c15-11(16)9-10(12(17)18)23-6(3-22-9)4-1-2-5(14(19,20)21)8-7(4)24-13(26)25-8/h1-3,11-12H,(H2,24,25,26). The summed E-state index contributed by atoms with van der Waals surface area (Å²) in [6.45, 7) is 0. The molecule has 1 aromatic carbocycles. The minimum absolute atomic E-state index is 0.179. The molecular weight excluding hydrogens is 373 g/mol. The summed E-state index contributed by atoms with van der Waals surface area (Å²) in [7, 11) is 0. The van der Waals surface area contributed by atoms with Gasteiger partial charge in [-0.05, 0) is 12.1 Å². The molecule has 2 heterocycles. The van der Waals surface area contributed by atoms with Crippen LogP contribution in [0.2, 0.25) is 0 Å². The highest BCUT2D eigenvalue weighted by atomic mass is 19.4. The van der Waals surface area contributed by atoms with E-state index in [4.69, 9.17) is 0 Å². The van der Waals surface area contributed by atoms with E-state index in [1.54, 1.807) is 0 Å². The van der Waals surface area contributed by atoms with Crippen molar-refractivity contribution < 1.29 is 30.7 Å². The molecule has 0 aliphatic rings. The van der Waals surface area contributed by atoms with Gasteiger partial charge < -0.3 is 9.97 Å². The molecule has 5 nitrogen and oxygen atoms in total. The third-order valence-corrected chi connectivity index (χ3v) is 3.51. The van der Waals surface area contributed by atoms with Crippen LogP contribution in [0.25, 0.3) is 22.3 Å². The molecule has 0 radical (unpaired) electrons. The van der Waals surface area contributed by atoms with Crippen LogP contribution in [0.5, 0.6) is 0 Å². The Morgan fingerprint density at radius 3 is 2.12 bits per heavy atom. The van der Waals surface area contributed by atoms with Gasteiger partial charge in [0.25, 0.3) is 12.9 Å². The maximum Gasteiger partial charge on any atom is 0.418 e. The van der Waals surface area contributed by atoms with Crippen LogP contribution in [0, 0.1) is 0 Å². The normalized spacial score (nSPS) is 12.5. The minimum Gasteiger partial charge on any atom is -0.305 e. The second-order valence-corrected chi connectivity index (χ2v) is 5.11. The maximum absolute atomic E-state index is 13.0. The number of aromatic amines is 2. The number of hydrogen-bond acceptors (Lipinski definition) is 3. The van der Waals surface area contributed by atoms with Gasteiger partial charge in [-0.25, -0.2) is 27.3 Å². The number of hydrogen-bond donors (Lipinski definition) is 2. The Morgan fingerprint density at radius 1 is 0.923 bits per heavy atom. The van der Waals surface area contributed by atoms with Gasteiger partial charge in [0, 0.05) is 5.56 Å². The van der Waals surface area contributed by atoms with Crippen molar-refractivity contribution in [2.75, 3.05) is 0 Å². The molecule has 0 aliphatic carbocycles. The van der Waals surface area contributed by atoms with Crippen LogP contribution in [0.15, 0.2) is 23.1 Å². The van der Waals surface area contributed by atoms with Gasteiger partial charge in [-0.15, -0.1) is 0 Å². The average molecular weight is 380 g/mol. The van der Waals surface area contributed by atoms with Gasteiger partial charge in [-0.1, -0.05) is 0 Å². The number of nitrogens with one attached hydrogen (secondary N) is 2. The molecule has 0 aliphatic heterocycles. The van der Waals surface area contributed by atoms with Gasteiger partial charge >= 0.3 is 11.9 Å². The average Bonchev–Trinajstić information content (AvgIpc) is 2.93. The highest BCUT2D eigenvalue weighted by Crippen LogP contribution is 2.37. The van der Waals surface area contributed by atoms with Crippen LogP contribution in [-0.2, 0) is 6.18 Å². The molecule has 0 bridgehead atoms. The molecule has 0 saturated heterocycles. The van der Waals surface area contributed by atoms with E-state index in [9.17, 15) is 35.5 Å². The van der Waals surface area contributed by atoms with E-state index in [0.29, 0.717) is 6.07 Å². The SMILES string of the molecule is O=c1[nH]c2c(-c3cnc(C(F)F)c(C(F)F)n3)ccc(C(F)(F)F)c2[nH]1. The largest absolute Gasteiger partial charge is 0.418 e. The lowest BCUT2D eigenvalue weighted by Gasteiger charge is -2.12. The van der Waals surface area contributed by atoms with Gasteiger partial charge in [0.15, 0.2) is 0 Å². The van der Waals surface area contributed by atoms with E-state index in [0.717, 1.165) is 12.3 Å². The number of aromatic nitrogens is 4. The number of alkyl halides is 7. The molecule has 2 aromatic heterocycles. The molecule has 0 fully saturated rings. The van der Waals surface area contributed by atoms with Crippen LogP contribution in [0.1, 0.15) is 29.8 Å². The zero-order valence-corrected chi connectivity index (χ0v) is 12.3. The van der Waals surface area contributed by atoms with Crippen LogP contribution in [-0.4, -0.2) is 19.9 Å². The number of benzene rings is 1. The van der Waals surface area contributed by atoms with Crippen LogP contribution in [0.4, 0.5) is 30.7 Å². The monoisotopic (exact) mass is 380 g/mol. The minimum atomic E-state index is -4.79. The quantitative estimate of drug-likeness (QED) is 0.669. The molecule has 0 saturated carbocycles. The molecule has 0 atom stereocenters. The number of H-pyrrole nitrogens is 2. The van der Waals surface area contributed by atoms with Crippen molar-refractivity contribution in [1.29, 1.82) is 0 Å². The number of halogens is 7. The summed E-state index contributed by atoms with van der Waals surface area (Å²) < 4.78 is 90.5. The van der Waals surface area contributed by atoms with Crippen LogP contribution in [0.3, 0.4) is 0 Å². The van der Waals surface area contributed by atoms with E-state index >= 15 is 0 Å². The van der Waals surface area contributed by atoms with Gasteiger partial charge in [0.1, 0.15) is 11.4 Å². The van der Waals surface area contributed by atoms with Crippen molar-refractivity contribution in [2.45, 2.75) is 19.0 Å². The second-order valence-electron chi connectivity index (χ2n) is 5.11. The first kappa shape index (κ1) is 17.9. The van der Waals surface area contributed by atoms with Crippen molar-refractivity contribution in [3.63, 3.8) is 0 Å². The van der Waals surface area contributed by atoms with Gasteiger partial charge in [0.05, 0.1) is 28.5 Å². The fraction of sp³-hybridized carbons (Fsp3) is 0.214. The molecule has 0 unspecified atom stereocenters. The summed E-state index contributed by atoms with van der Waals surface area (Å²) in [5.74, 6) is 0. The van der Waals surface area contributed by atoms with E-state index in [-0.39, 0.29) is 11.1 Å². The zero-order valence-electron chi connectivity index (χ0n) is 12.3. The smallest absolute Gasteiger partial charge is 0.305 e. The molecule has 2 N–H and O–H groups in total. The summed E-state index contributed by atoms with van der Waals surface area (Å²) in [6, 6.07) is 1.50. The fourth-order valence-electron chi connectivity index (χ4n) is 2.44. The summed E-state index contributed by atoms with van der Waals surface area (Å²) in [5.41, 5.74) is -6.19. The molecule has 3 rings (SSSR count). The Labute approximate surface area is 138 Å². The Hall–Kier alpha value is -2.92. The first-order valence-corrected chi connectivity index (χ1v) is 6.85. The summed E-state index contributed by atoms with van der Waals surface area (Å²) in [6.07, 6.45) is -10.7. The van der Waals surface area contributed by atoms with Gasteiger partial charge in [-0.2, -0.15) is 13.2 Å². The summed E-state index contributed by atoms with van der Waals surface area (Å²) >= 11 is 0. The van der Waals surface area contributed by atoms with Crippen molar-refractivity contribution in [3.8, 4) is 11.3 Å². The molecule has 138 valence electrons. The highest BCUT2D eigenvalue weighted by molar-refractivity contribution is 5.92. The number of rotatable bonds is 3. The van der Waals surface area contributed by atoms with E-state index in [2.05, 4.69) is 15.0 Å². The van der Waals surface area contributed by atoms with Crippen molar-refractivity contribution in [1.82, 2.24) is 19.9 Å². The molecule has 12 heteroatoms. The Bertz CT molecular complexity index is 1020. The van der Waals surface area contributed by atoms with Gasteiger partial charge in [0.2, 0.25) is 0 Å². The topological polar surface area (TPSA) is 74.4 Å². The van der Waals surface area contributed by atoms with Crippen LogP contribution >= 0.6 is 0 Å². The highest BCUT2D eigenvalue weighted by Gasteiger charge is 2.34. The summed E-state index contributed by atoms with van der Waals surface area (Å²) in [5, 5.41) is 0. The molecule has 0 amide bonds. The predicted molar refractivity (Wildman–Crippen MR) is 74.9 cm³/mol. The molecule has 26 heavy (non-hydrogen) atoms. The number of fused-ring (bicyclic) bond motifs is 1. The fourth-order valence-corrected chi connectivity index (χ4v) is 2.44. The van der Waals surface area contributed by atoms with Crippen molar-refractivity contribution >= 4 is 11.0 Å². The molecule has 3 aromatic rings. The van der Waals surface area contributed by atoms with Crippen LogP contribution < -0.4 is 5.69 Å². The lowest BCUT2D eigenvalue weighted by atomic mass is 10.1. The zero-order chi connectivity index (χ0) is 19.2. The third kappa shape index (κ3) is 3.02. The lowest BCUT2D eigenvalue weighted by Crippen LogP contribution is -2.07. The molecule has 0 spiro atoms. The van der Waals surface area contributed by atoms with Crippen molar-refractivity contribution in [2.24, 2.45) is 0 Å². The Morgan fingerprint density at radius 2 is 1.54 bits per heavy atom. The second kappa shape index (κ2) is 6.11. The van der Waals surface area contributed by atoms with Gasteiger partial charge in [-0.3, -0.25) is 4.98 Å². The van der Waals surface area contributed by atoms with Crippen molar-refractivity contribution in [3.05, 3.63) is 45.8 Å². The summed E-state index contributed by atoms with van der Waals surface area (Å²) in [4.78, 5) is 22.2. The predicted octanol–water partition coefficient (Wildman–Crippen LogP) is 4.21. The Kier molecular flexibility index (Phi) is 4.20.